The van der Waals surface area contributed by atoms with Crippen LogP contribution in [-0.2, 0) is 16.6 Å². The van der Waals surface area contributed by atoms with Crippen molar-refractivity contribution in [2.75, 3.05) is 20.2 Å². The van der Waals surface area contributed by atoms with E-state index in [2.05, 4.69) is 5.10 Å². The molecule has 0 spiro atoms. The van der Waals surface area contributed by atoms with Crippen LogP contribution in [0.15, 0.2) is 29.1 Å². The van der Waals surface area contributed by atoms with Crippen LogP contribution in [0.2, 0.25) is 0 Å². The first-order chi connectivity index (χ1) is 12.0. The third kappa shape index (κ3) is 3.40. The molecule has 1 amide bonds. The van der Waals surface area contributed by atoms with Gasteiger partial charge in [0.1, 0.15) is 0 Å². The summed E-state index contributed by atoms with van der Waals surface area (Å²) in [5.74, 6) is -0.153. The van der Waals surface area contributed by atoms with E-state index in [9.17, 15) is 14.4 Å². The zero-order valence-corrected chi connectivity index (χ0v) is 14.4. The number of benzene rings is 1. The second-order valence-electron chi connectivity index (χ2n) is 6.34. The Hall–Kier alpha value is -2.70. The molecule has 1 saturated heterocycles. The van der Waals surface area contributed by atoms with Gasteiger partial charge in [-0.2, -0.15) is 5.10 Å². The number of rotatable bonds is 3. The molecule has 132 valence electrons. The quantitative estimate of drug-likeness (QED) is 0.786. The number of esters is 1. The van der Waals surface area contributed by atoms with Gasteiger partial charge in [0.25, 0.3) is 11.5 Å². The predicted octanol–water partition coefficient (Wildman–Crippen LogP) is 1.35. The summed E-state index contributed by atoms with van der Waals surface area (Å²) in [6.07, 6.45) is 1.90. The minimum atomic E-state index is -0.219. The zero-order valence-electron chi connectivity index (χ0n) is 14.4. The Labute approximate surface area is 145 Å². The van der Waals surface area contributed by atoms with Gasteiger partial charge >= 0.3 is 5.97 Å². The van der Waals surface area contributed by atoms with E-state index in [0.717, 1.165) is 12.8 Å². The standard InChI is InChI=1S/C18H21N3O4/c1-20-17(23)14-6-4-3-5-13(14)16(19-20)18(24)21-9-7-12(8-10-21)11-15(22)25-2/h3-6,12H,7-11H2,1-2H3. The normalized spacial score (nSPS) is 15.4. The highest BCUT2D eigenvalue weighted by Crippen LogP contribution is 2.23. The zero-order chi connectivity index (χ0) is 18.0. The fraction of sp³-hybridized carbons (Fsp3) is 0.444. The maximum atomic E-state index is 12.9. The van der Waals surface area contributed by atoms with E-state index in [4.69, 9.17) is 4.74 Å². The molecule has 1 fully saturated rings. The monoisotopic (exact) mass is 343 g/mol. The summed E-state index contributed by atoms with van der Waals surface area (Å²) in [5, 5.41) is 5.26. The number of methoxy groups -OCH3 is 1. The molecule has 3 rings (SSSR count). The summed E-state index contributed by atoms with van der Waals surface area (Å²) in [7, 11) is 2.94. The number of likely N-dealkylation sites (tertiary alicyclic amines) is 1. The van der Waals surface area contributed by atoms with Gasteiger partial charge in [0.05, 0.1) is 12.5 Å². The largest absolute Gasteiger partial charge is 0.469 e. The highest BCUT2D eigenvalue weighted by Gasteiger charge is 2.27. The number of aromatic nitrogens is 2. The van der Waals surface area contributed by atoms with E-state index in [1.54, 1.807) is 36.2 Å². The lowest BCUT2D eigenvalue weighted by Crippen LogP contribution is -2.40. The second kappa shape index (κ2) is 7.04. The summed E-state index contributed by atoms with van der Waals surface area (Å²) in [6.45, 7) is 1.14. The Bertz CT molecular complexity index is 866. The Morgan fingerprint density at radius 3 is 2.48 bits per heavy atom. The minimum Gasteiger partial charge on any atom is -0.469 e. The van der Waals surface area contributed by atoms with Gasteiger partial charge in [-0.15, -0.1) is 0 Å². The maximum absolute atomic E-state index is 12.9. The first-order valence-corrected chi connectivity index (χ1v) is 8.33. The fourth-order valence-electron chi connectivity index (χ4n) is 3.27. The molecule has 7 heteroatoms. The Morgan fingerprint density at radius 2 is 1.84 bits per heavy atom. The van der Waals surface area contributed by atoms with Crippen molar-refractivity contribution in [3.05, 3.63) is 40.3 Å². The number of fused-ring (bicyclic) bond motifs is 1. The van der Waals surface area contributed by atoms with Crippen molar-refractivity contribution in [2.24, 2.45) is 13.0 Å². The molecule has 0 unspecified atom stereocenters. The van der Waals surface area contributed by atoms with Crippen LogP contribution in [0.25, 0.3) is 10.8 Å². The Morgan fingerprint density at radius 1 is 1.20 bits per heavy atom. The summed E-state index contributed by atoms with van der Waals surface area (Å²) >= 11 is 0. The molecule has 0 N–H and O–H groups in total. The second-order valence-corrected chi connectivity index (χ2v) is 6.34. The van der Waals surface area contributed by atoms with E-state index < -0.39 is 0 Å². The molecular weight excluding hydrogens is 322 g/mol. The van der Waals surface area contributed by atoms with Gasteiger partial charge in [-0.1, -0.05) is 18.2 Å². The van der Waals surface area contributed by atoms with E-state index in [1.807, 2.05) is 0 Å². The highest BCUT2D eigenvalue weighted by atomic mass is 16.5. The van der Waals surface area contributed by atoms with Crippen LogP contribution in [0.4, 0.5) is 0 Å². The number of amides is 1. The lowest BCUT2D eigenvalue weighted by Gasteiger charge is -2.31. The first-order valence-electron chi connectivity index (χ1n) is 8.33. The predicted molar refractivity (Wildman–Crippen MR) is 92.2 cm³/mol. The molecule has 2 heterocycles. The van der Waals surface area contributed by atoms with Gasteiger partial charge in [0, 0.05) is 31.9 Å². The van der Waals surface area contributed by atoms with Crippen LogP contribution in [0, 0.1) is 5.92 Å². The number of carbonyl (C=O) groups excluding carboxylic acids is 2. The summed E-state index contributed by atoms with van der Waals surface area (Å²) in [4.78, 5) is 38.2. The van der Waals surface area contributed by atoms with Crippen LogP contribution in [0.3, 0.4) is 0 Å². The molecule has 1 aliphatic rings. The molecule has 2 aromatic rings. The van der Waals surface area contributed by atoms with Gasteiger partial charge in [0.15, 0.2) is 5.69 Å². The number of nitrogens with zero attached hydrogens (tertiary/aromatic N) is 3. The van der Waals surface area contributed by atoms with Crippen molar-refractivity contribution < 1.29 is 14.3 Å². The van der Waals surface area contributed by atoms with Crippen LogP contribution in [0.5, 0.6) is 0 Å². The van der Waals surface area contributed by atoms with Crippen molar-refractivity contribution in [1.29, 1.82) is 0 Å². The molecule has 25 heavy (non-hydrogen) atoms. The van der Waals surface area contributed by atoms with Crippen LogP contribution in [0.1, 0.15) is 29.8 Å². The number of piperidine rings is 1. The van der Waals surface area contributed by atoms with E-state index >= 15 is 0 Å². The Kier molecular flexibility index (Phi) is 4.83. The topological polar surface area (TPSA) is 81.5 Å². The maximum Gasteiger partial charge on any atom is 0.305 e. The molecular formula is C18H21N3O4. The van der Waals surface area contributed by atoms with Crippen LogP contribution >= 0.6 is 0 Å². The lowest BCUT2D eigenvalue weighted by atomic mass is 9.93. The third-order valence-electron chi connectivity index (χ3n) is 4.74. The fourth-order valence-corrected chi connectivity index (χ4v) is 3.27. The van der Waals surface area contributed by atoms with E-state index in [0.29, 0.717) is 36.0 Å². The molecule has 0 aliphatic carbocycles. The molecule has 0 bridgehead atoms. The average Bonchev–Trinajstić information content (AvgIpc) is 2.64. The smallest absolute Gasteiger partial charge is 0.305 e. The molecule has 1 aliphatic heterocycles. The van der Waals surface area contributed by atoms with Crippen molar-refractivity contribution in [1.82, 2.24) is 14.7 Å². The van der Waals surface area contributed by atoms with Gasteiger partial charge in [-0.3, -0.25) is 14.4 Å². The molecule has 0 radical (unpaired) electrons. The first kappa shape index (κ1) is 17.1. The summed E-state index contributed by atoms with van der Waals surface area (Å²) in [6, 6.07) is 7.03. The lowest BCUT2D eigenvalue weighted by molar-refractivity contribution is -0.142. The van der Waals surface area contributed by atoms with Gasteiger partial charge < -0.3 is 9.64 Å². The van der Waals surface area contributed by atoms with Crippen molar-refractivity contribution in [2.45, 2.75) is 19.3 Å². The number of hydrogen-bond donors (Lipinski definition) is 0. The van der Waals surface area contributed by atoms with Crippen molar-refractivity contribution in [3.8, 4) is 0 Å². The van der Waals surface area contributed by atoms with Gasteiger partial charge in [0.2, 0.25) is 0 Å². The minimum absolute atomic E-state index is 0.177. The summed E-state index contributed by atoms with van der Waals surface area (Å²) < 4.78 is 5.92. The van der Waals surface area contributed by atoms with Crippen LogP contribution in [-0.4, -0.2) is 46.8 Å². The molecule has 0 atom stereocenters. The van der Waals surface area contributed by atoms with Gasteiger partial charge in [-0.05, 0) is 24.8 Å². The molecule has 1 aromatic carbocycles. The Balaban J connectivity index is 1.81. The number of ether oxygens (including phenoxy) is 1. The highest BCUT2D eigenvalue weighted by molar-refractivity contribution is 6.04. The SMILES string of the molecule is COC(=O)CC1CCN(C(=O)c2nn(C)c(=O)c3ccccc23)CC1. The van der Waals surface area contributed by atoms with Crippen LogP contribution < -0.4 is 5.56 Å². The molecule has 0 saturated carbocycles. The number of carbonyl (C=O) groups is 2. The van der Waals surface area contributed by atoms with Gasteiger partial charge in [-0.25, -0.2) is 4.68 Å². The number of hydrogen-bond acceptors (Lipinski definition) is 5. The van der Waals surface area contributed by atoms with Crippen molar-refractivity contribution in [3.63, 3.8) is 0 Å². The summed E-state index contributed by atoms with van der Waals surface area (Å²) in [5.41, 5.74) is 0.0769. The van der Waals surface area contributed by atoms with E-state index in [1.165, 1.54) is 11.8 Å². The molecule has 1 aromatic heterocycles. The third-order valence-corrected chi connectivity index (χ3v) is 4.74. The van der Waals surface area contributed by atoms with Crippen molar-refractivity contribution >= 4 is 22.6 Å². The average molecular weight is 343 g/mol. The number of aryl methyl sites for hydroxylation is 1. The van der Waals surface area contributed by atoms with E-state index in [-0.39, 0.29) is 23.4 Å². The molecule has 7 nitrogen and oxygen atoms in total.